The number of hydrogen-bond acceptors (Lipinski definition) is 7. The first kappa shape index (κ1) is 26.5. The van der Waals surface area contributed by atoms with Crippen LogP contribution in [0.3, 0.4) is 0 Å². The number of methoxy groups -OCH3 is 1. The van der Waals surface area contributed by atoms with Crippen LogP contribution >= 0.6 is 23.2 Å². The normalized spacial score (nSPS) is 15.9. The number of halogens is 5. The predicted molar refractivity (Wildman–Crippen MR) is 119 cm³/mol. The first-order valence-electron chi connectivity index (χ1n) is 10.0. The van der Waals surface area contributed by atoms with Crippen molar-refractivity contribution < 1.29 is 35.9 Å². The largest absolute Gasteiger partial charge is 0.473 e. The van der Waals surface area contributed by atoms with E-state index in [1.54, 1.807) is 0 Å². The molecule has 0 N–H and O–H groups in total. The van der Waals surface area contributed by atoms with Crippen LogP contribution in [-0.4, -0.2) is 56.8 Å². The van der Waals surface area contributed by atoms with Crippen LogP contribution in [0, 0.1) is 0 Å². The first-order valence-corrected chi connectivity index (χ1v) is 12.7. The van der Waals surface area contributed by atoms with E-state index in [0.29, 0.717) is 37.7 Å². The number of pyridine rings is 1. The predicted octanol–water partition coefficient (Wildman–Crippen LogP) is 4.64. The number of ether oxygens (including phenoxy) is 2. The number of sulfone groups is 1. The third-order valence-electron chi connectivity index (χ3n) is 5.33. The molecule has 1 aromatic heterocycles. The fraction of sp³-hybridized carbons (Fsp3) is 0.429. The van der Waals surface area contributed by atoms with Crippen molar-refractivity contribution in [1.82, 2.24) is 9.88 Å². The molecule has 2 aromatic rings. The molecule has 1 aliphatic heterocycles. The van der Waals surface area contributed by atoms with Gasteiger partial charge in [-0.05, 0) is 31.0 Å². The van der Waals surface area contributed by atoms with Crippen molar-refractivity contribution in [2.24, 2.45) is 0 Å². The molecule has 1 saturated heterocycles. The van der Waals surface area contributed by atoms with E-state index >= 15 is 0 Å². The Bertz CT molecular complexity index is 1180. The minimum Gasteiger partial charge on any atom is -0.473 e. The van der Waals surface area contributed by atoms with E-state index in [1.165, 1.54) is 19.2 Å². The molecule has 0 bridgehead atoms. The minimum absolute atomic E-state index is 0.00823. The standard InChI is InChI=1S/C21H21Cl2F3N2O5S/c1-32-20(29)14-3-4-17(34(2,30)31)15(18(14)23)11-28-7-5-13(6-8-28)33-19-16(22)9-12(10-27-19)21(24,25)26/h3-4,9-10,13H,5-8,11H2,1-2H3. The Balaban J connectivity index is 1.71. The number of carbonyl (C=O) groups is 1. The third-order valence-corrected chi connectivity index (χ3v) is 7.22. The molecule has 7 nitrogen and oxygen atoms in total. The monoisotopic (exact) mass is 540 g/mol. The summed E-state index contributed by atoms with van der Waals surface area (Å²) in [6, 6.07) is 3.41. The van der Waals surface area contributed by atoms with E-state index in [2.05, 4.69) is 4.98 Å². The van der Waals surface area contributed by atoms with Crippen molar-refractivity contribution in [3.8, 4) is 5.88 Å². The summed E-state index contributed by atoms with van der Waals surface area (Å²) in [6.07, 6.45) is -2.20. The van der Waals surface area contributed by atoms with Gasteiger partial charge in [0.2, 0.25) is 5.88 Å². The fourth-order valence-corrected chi connectivity index (χ4v) is 5.10. The number of aromatic nitrogens is 1. The SMILES string of the molecule is COC(=O)c1ccc(S(C)(=O)=O)c(CN2CCC(Oc3ncc(C(F)(F)F)cc3Cl)CC2)c1Cl. The Morgan fingerprint density at radius 1 is 1.24 bits per heavy atom. The topological polar surface area (TPSA) is 85.8 Å². The molecule has 1 fully saturated rings. The number of hydrogen-bond donors (Lipinski definition) is 0. The van der Waals surface area contributed by atoms with Crippen LogP contribution in [0.2, 0.25) is 10.0 Å². The van der Waals surface area contributed by atoms with Crippen LogP contribution in [0.15, 0.2) is 29.3 Å². The Labute approximate surface area is 204 Å². The van der Waals surface area contributed by atoms with Crippen LogP contribution < -0.4 is 4.74 Å². The maximum atomic E-state index is 12.8. The Morgan fingerprint density at radius 3 is 2.41 bits per heavy atom. The van der Waals surface area contributed by atoms with E-state index in [1.807, 2.05) is 4.90 Å². The summed E-state index contributed by atoms with van der Waals surface area (Å²) in [7, 11) is -2.42. The molecule has 0 amide bonds. The van der Waals surface area contributed by atoms with Gasteiger partial charge in [0.15, 0.2) is 9.84 Å². The van der Waals surface area contributed by atoms with Crippen molar-refractivity contribution in [1.29, 1.82) is 0 Å². The van der Waals surface area contributed by atoms with Gasteiger partial charge >= 0.3 is 12.1 Å². The average Bonchev–Trinajstić information content (AvgIpc) is 2.75. The zero-order valence-corrected chi connectivity index (χ0v) is 20.5. The molecule has 0 aliphatic carbocycles. The highest BCUT2D eigenvalue weighted by Crippen LogP contribution is 2.34. The van der Waals surface area contributed by atoms with E-state index < -0.39 is 27.5 Å². The smallest absolute Gasteiger partial charge is 0.417 e. The Kier molecular flexibility index (Phi) is 8.01. The van der Waals surface area contributed by atoms with Gasteiger partial charge in [-0.2, -0.15) is 13.2 Å². The molecule has 0 spiro atoms. The van der Waals surface area contributed by atoms with Gasteiger partial charge in [0.1, 0.15) is 11.1 Å². The van der Waals surface area contributed by atoms with Crippen LogP contribution in [0.5, 0.6) is 5.88 Å². The number of esters is 1. The molecule has 0 atom stereocenters. The van der Waals surface area contributed by atoms with Crippen molar-refractivity contribution in [2.75, 3.05) is 26.5 Å². The second-order valence-electron chi connectivity index (χ2n) is 7.77. The van der Waals surface area contributed by atoms with Gasteiger partial charge in [-0.1, -0.05) is 23.2 Å². The number of benzene rings is 1. The van der Waals surface area contributed by atoms with Crippen LogP contribution in [0.25, 0.3) is 0 Å². The van der Waals surface area contributed by atoms with Gasteiger partial charge in [0.25, 0.3) is 0 Å². The second kappa shape index (κ2) is 10.3. The van der Waals surface area contributed by atoms with Crippen LogP contribution in [0.4, 0.5) is 13.2 Å². The highest BCUT2D eigenvalue weighted by Gasteiger charge is 2.32. The van der Waals surface area contributed by atoms with E-state index in [-0.39, 0.29) is 39.0 Å². The Morgan fingerprint density at radius 2 is 1.88 bits per heavy atom. The van der Waals surface area contributed by atoms with Gasteiger partial charge in [-0.25, -0.2) is 18.2 Å². The third kappa shape index (κ3) is 6.12. The summed E-state index contributed by atoms with van der Waals surface area (Å²) in [5.41, 5.74) is -0.612. The van der Waals surface area contributed by atoms with E-state index in [4.69, 9.17) is 32.7 Å². The van der Waals surface area contributed by atoms with Crippen molar-refractivity contribution in [3.63, 3.8) is 0 Å². The lowest BCUT2D eigenvalue weighted by Gasteiger charge is -2.32. The molecular formula is C21H21Cl2F3N2O5S. The fourth-order valence-electron chi connectivity index (χ4n) is 3.60. The van der Waals surface area contributed by atoms with Crippen molar-refractivity contribution in [2.45, 2.75) is 36.6 Å². The summed E-state index contributed by atoms with van der Waals surface area (Å²) in [5, 5.41) is -0.227. The maximum absolute atomic E-state index is 12.8. The number of alkyl halides is 3. The van der Waals surface area contributed by atoms with Gasteiger partial charge in [-0.3, -0.25) is 4.90 Å². The van der Waals surface area contributed by atoms with Crippen molar-refractivity contribution in [3.05, 3.63) is 51.1 Å². The zero-order valence-electron chi connectivity index (χ0n) is 18.2. The molecule has 1 aliphatic rings. The molecular weight excluding hydrogens is 520 g/mol. The first-order chi connectivity index (χ1) is 15.8. The van der Waals surface area contributed by atoms with Gasteiger partial charge in [0.05, 0.1) is 28.2 Å². The molecule has 2 heterocycles. The van der Waals surface area contributed by atoms with Gasteiger partial charge in [-0.15, -0.1) is 0 Å². The van der Waals surface area contributed by atoms with Crippen molar-refractivity contribution >= 4 is 39.0 Å². The number of likely N-dealkylation sites (tertiary alicyclic amines) is 1. The average molecular weight is 541 g/mol. The van der Waals surface area contributed by atoms with E-state index in [9.17, 15) is 26.4 Å². The summed E-state index contributed by atoms with van der Waals surface area (Å²) in [4.78, 5) is 17.6. The van der Waals surface area contributed by atoms with Crippen LogP contribution in [0.1, 0.15) is 34.3 Å². The lowest BCUT2D eigenvalue weighted by molar-refractivity contribution is -0.137. The van der Waals surface area contributed by atoms with Crippen LogP contribution in [-0.2, 0) is 27.3 Å². The summed E-state index contributed by atoms with van der Waals surface area (Å²) in [6.45, 7) is 1.12. The van der Waals surface area contributed by atoms with E-state index in [0.717, 1.165) is 12.3 Å². The number of nitrogens with zero attached hydrogens (tertiary/aromatic N) is 2. The summed E-state index contributed by atoms with van der Waals surface area (Å²) in [5.74, 6) is -0.763. The molecule has 34 heavy (non-hydrogen) atoms. The van der Waals surface area contributed by atoms with Gasteiger partial charge < -0.3 is 9.47 Å². The minimum atomic E-state index is -4.56. The second-order valence-corrected chi connectivity index (χ2v) is 10.5. The molecule has 186 valence electrons. The maximum Gasteiger partial charge on any atom is 0.417 e. The summed E-state index contributed by atoms with van der Waals surface area (Å²) >= 11 is 12.3. The Hall–Kier alpha value is -2.08. The molecule has 0 saturated carbocycles. The number of rotatable bonds is 6. The molecule has 0 unspecified atom stereocenters. The highest BCUT2D eigenvalue weighted by atomic mass is 35.5. The summed E-state index contributed by atoms with van der Waals surface area (Å²) < 4.78 is 73.3. The zero-order chi connectivity index (χ0) is 25.3. The lowest BCUT2D eigenvalue weighted by Crippen LogP contribution is -2.38. The number of carbonyl (C=O) groups excluding carboxylic acids is 1. The number of piperidine rings is 1. The molecule has 1 aromatic carbocycles. The lowest BCUT2D eigenvalue weighted by atomic mass is 10.1. The molecule has 13 heteroatoms. The quantitative estimate of drug-likeness (QED) is 0.493. The highest BCUT2D eigenvalue weighted by molar-refractivity contribution is 7.90. The molecule has 0 radical (unpaired) electrons. The van der Waals surface area contributed by atoms with Gasteiger partial charge in [0, 0.05) is 37.7 Å². The molecule has 3 rings (SSSR count).